The van der Waals surface area contributed by atoms with Gasteiger partial charge in [-0.1, -0.05) is 0 Å². The summed E-state index contributed by atoms with van der Waals surface area (Å²) >= 11 is 0. The molecule has 1 heterocycles. The highest BCUT2D eigenvalue weighted by Crippen LogP contribution is 2.04. The van der Waals surface area contributed by atoms with Gasteiger partial charge in [-0.15, -0.1) is 0 Å². The van der Waals surface area contributed by atoms with E-state index in [0.29, 0.717) is 6.04 Å². The van der Waals surface area contributed by atoms with Crippen LogP contribution in [-0.4, -0.2) is 62.7 Å². The molecule has 0 aliphatic carbocycles. The molecule has 0 amide bonds. The Balaban J connectivity index is 2.19. The predicted molar refractivity (Wildman–Crippen MR) is 61.7 cm³/mol. The second kappa shape index (κ2) is 6.38. The first kappa shape index (κ1) is 12.0. The quantitative estimate of drug-likeness (QED) is 0.716. The van der Waals surface area contributed by atoms with Gasteiger partial charge in [-0.25, -0.2) is 0 Å². The number of nitrogens with one attached hydrogen (secondary N) is 1. The minimum absolute atomic E-state index is 0.708. The van der Waals surface area contributed by atoms with Crippen LogP contribution in [-0.2, 0) is 0 Å². The first-order valence-electron chi connectivity index (χ1n) is 5.79. The van der Waals surface area contributed by atoms with Crippen LogP contribution in [0.5, 0.6) is 0 Å². The third-order valence-corrected chi connectivity index (χ3v) is 2.91. The Morgan fingerprint density at radius 2 is 2.21 bits per heavy atom. The molecule has 84 valence electrons. The van der Waals surface area contributed by atoms with Crippen LogP contribution < -0.4 is 5.32 Å². The van der Waals surface area contributed by atoms with Crippen molar-refractivity contribution in [2.75, 3.05) is 46.8 Å². The molecule has 1 unspecified atom stereocenters. The first-order valence-corrected chi connectivity index (χ1v) is 5.79. The molecule has 1 aliphatic heterocycles. The van der Waals surface area contributed by atoms with Gasteiger partial charge in [-0.05, 0) is 60.0 Å². The molecule has 14 heavy (non-hydrogen) atoms. The SMILES string of the molecule is CC1CNCCCN1CCCN(C)C. The number of hydrogen-bond acceptors (Lipinski definition) is 3. The van der Waals surface area contributed by atoms with Crippen molar-refractivity contribution >= 4 is 0 Å². The van der Waals surface area contributed by atoms with Crippen molar-refractivity contribution in [1.82, 2.24) is 15.1 Å². The van der Waals surface area contributed by atoms with Crippen LogP contribution >= 0.6 is 0 Å². The van der Waals surface area contributed by atoms with Gasteiger partial charge in [0.25, 0.3) is 0 Å². The molecule has 0 radical (unpaired) electrons. The molecule has 1 fully saturated rings. The van der Waals surface area contributed by atoms with E-state index in [1.807, 2.05) is 0 Å². The summed E-state index contributed by atoms with van der Waals surface area (Å²) in [5.41, 5.74) is 0. The van der Waals surface area contributed by atoms with E-state index >= 15 is 0 Å². The fourth-order valence-electron chi connectivity index (χ4n) is 1.99. The van der Waals surface area contributed by atoms with Crippen LogP contribution in [0.25, 0.3) is 0 Å². The van der Waals surface area contributed by atoms with Crippen molar-refractivity contribution in [3.05, 3.63) is 0 Å². The lowest BCUT2D eigenvalue weighted by Gasteiger charge is -2.26. The lowest BCUT2D eigenvalue weighted by Crippen LogP contribution is -2.38. The van der Waals surface area contributed by atoms with Crippen molar-refractivity contribution in [3.63, 3.8) is 0 Å². The number of nitrogens with zero attached hydrogens (tertiary/aromatic N) is 2. The van der Waals surface area contributed by atoms with Gasteiger partial charge in [0.2, 0.25) is 0 Å². The van der Waals surface area contributed by atoms with Crippen LogP contribution in [0.15, 0.2) is 0 Å². The van der Waals surface area contributed by atoms with Gasteiger partial charge in [-0.2, -0.15) is 0 Å². The van der Waals surface area contributed by atoms with Crippen molar-refractivity contribution in [3.8, 4) is 0 Å². The molecule has 0 aromatic carbocycles. The summed E-state index contributed by atoms with van der Waals surface area (Å²) < 4.78 is 0. The molecule has 1 N–H and O–H groups in total. The first-order chi connectivity index (χ1) is 6.70. The fourth-order valence-corrected chi connectivity index (χ4v) is 1.99. The third kappa shape index (κ3) is 4.40. The molecule has 3 heteroatoms. The molecule has 0 bridgehead atoms. The van der Waals surface area contributed by atoms with E-state index in [-0.39, 0.29) is 0 Å². The van der Waals surface area contributed by atoms with Crippen molar-refractivity contribution in [2.24, 2.45) is 0 Å². The second-order valence-electron chi connectivity index (χ2n) is 4.60. The molecule has 0 spiro atoms. The number of rotatable bonds is 4. The van der Waals surface area contributed by atoms with Gasteiger partial charge in [-0.3, -0.25) is 4.90 Å². The van der Waals surface area contributed by atoms with E-state index in [1.54, 1.807) is 0 Å². The lowest BCUT2D eigenvalue weighted by atomic mass is 10.2. The van der Waals surface area contributed by atoms with Gasteiger partial charge >= 0.3 is 0 Å². The molecule has 0 aromatic heterocycles. The Bertz CT molecular complexity index is 147. The minimum atomic E-state index is 0.708. The Hall–Kier alpha value is -0.120. The Morgan fingerprint density at radius 3 is 2.93 bits per heavy atom. The molecule has 1 saturated heterocycles. The smallest absolute Gasteiger partial charge is 0.0192 e. The maximum Gasteiger partial charge on any atom is 0.0192 e. The second-order valence-corrected chi connectivity index (χ2v) is 4.60. The number of hydrogen-bond donors (Lipinski definition) is 1. The normalized spacial score (nSPS) is 25.3. The zero-order valence-corrected chi connectivity index (χ0v) is 9.92. The highest BCUT2D eigenvalue weighted by Gasteiger charge is 2.15. The summed E-state index contributed by atoms with van der Waals surface area (Å²) in [4.78, 5) is 4.88. The van der Waals surface area contributed by atoms with Crippen molar-refractivity contribution in [2.45, 2.75) is 25.8 Å². The van der Waals surface area contributed by atoms with E-state index in [2.05, 4.69) is 36.1 Å². The zero-order chi connectivity index (χ0) is 10.4. The van der Waals surface area contributed by atoms with Crippen LogP contribution in [0.4, 0.5) is 0 Å². The Labute approximate surface area is 88.5 Å². The molecule has 1 aliphatic rings. The Morgan fingerprint density at radius 1 is 1.43 bits per heavy atom. The molecule has 1 rings (SSSR count). The summed E-state index contributed by atoms with van der Waals surface area (Å²) in [5, 5.41) is 3.47. The highest BCUT2D eigenvalue weighted by molar-refractivity contribution is 4.73. The zero-order valence-electron chi connectivity index (χ0n) is 9.92. The summed E-state index contributed by atoms with van der Waals surface area (Å²) in [7, 11) is 4.29. The average Bonchev–Trinajstić information content (AvgIpc) is 2.31. The largest absolute Gasteiger partial charge is 0.315 e. The third-order valence-electron chi connectivity index (χ3n) is 2.91. The average molecular weight is 199 g/mol. The summed E-state index contributed by atoms with van der Waals surface area (Å²) in [6, 6.07) is 0.708. The van der Waals surface area contributed by atoms with Gasteiger partial charge in [0.15, 0.2) is 0 Å². The van der Waals surface area contributed by atoms with Gasteiger partial charge in [0.05, 0.1) is 0 Å². The fraction of sp³-hybridized carbons (Fsp3) is 1.00. The molecule has 1 atom stereocenters. The van der Waals surface area contributed by atoms with E-state index in [0.717, 1.165) is 6.54 Å². The van der Waals surface area contributed by atoms with Crippen molar-refractivity contribution < 1.29 is 0 Å². The van der Waals surface area contributed by atoms with Crippen LogP contribution in [0, 0.1) is 0 Å². The molecule has 3 nitrogen and oxygen atoms in total. The van der Waals surface area contributed by atoms with Gasteiger partial charge < -0.3 is 10.2 Å². The van der Waals surface area contributed by atoms with Crippen LogP contribution in [0.3, 0.4) is 0 Å². The molecular weight excluding hydrogens is 174 g/mol. The van der Waals surface area contributed by atoms with Crippen molar-refractivity contribution in [1.29, 1.82) is 0 Å². The predicted octanol–water partition coefficient (Wildman–Crippen LogP) is 0.622. The monoisotopic (exact) mass is 199 g/mol. The van der Waals surface area contributed by atoms with E-state index < -0.39 is 0 Å². The Kier molecular flexibility index (Phi) is 5.45. The molecular formula is C11H25N3. The standard InChI is InChI=1S/C11H25N3/c1-11-10-12-6-4-8-14(11)9-5-7-13(2)3/h11-12H,4-10H2,1-3H3. The summed E-state index contributed by atoms with van der Waals surface area (Å²) in [5.74, 6) is 0. The van der Waals surface area contributed by atoms with Gasteiger partial charge in [0, 0.05) is 12.6 Å². The lowest BCUT2D eigenvalue weighted by molar-refractivity contribution is 0.211. The maximum atomic E-state index is 3.47. The summed E-state index contributed by atoms with van der Waals surface area (Å²) in [6.07, 6.45) is 2.59. The van der Waals surface area contributed by atoms with E-state index in [9.17, 15) is 0 Å². The maximum absolute atomic E-state index is 3.47. The van der Waals surface area contributed by atoms with E-state index in [4.69, 9.17) is 0 Å². The highest BCUT2D eigenvalue weighted by atomic mass is 15.2. The minimum Gasteiger partial charge on any atom is -0.315 e. The molecule has 0 saturated carbocycles. The van der Waals surface area contributed by atoms with E-state index in [1.165, 1.54) is 39.0 Å². The van der Waals surface area contributed by atoms with Gasteiger partial charge in [0.1, 0.15) is 0 Å². The molecule has 0 aromatic rings. The topological polar surface area (TPSA) is 18.5 Å². The summed E-state index contributed by atoms with van der Waals surface area (Å²) in [6.45, 7) is 8.39. The van der Waals surface area contributed by atoms with Crippen LogP contribution in [0.2, 0.25) is 0 Å². The van der Waals surface area contributed by atoms with Crippen LogP contribution in [0.1, 0.15) is 19.8 Å².